The van der Waals surface area contributed by atoms with E-state index in [9.17, 15) is 18.0 Å². The number of rotatable bonds is 5. The van der Waals surface area contributed by atoms with Crippen LogP contribution in [0.2, 0.25) is 0 Å². The number of hydrogen-bond acceptors (Lipinski definition) is 2. The predicted molar refractivity (Wildman–Crippen MR) is 82.7 cm³/mol. The van der Waals surface area contributed by atoms with E-state index in [1.54, 1.807) is 0 Å². The summed E-state index contributed by atoms with van der Waals surface area (Å²) >= 11 is 1.22. The van der Waals surface area contributed by atoms with Crippen molar-refractivity contribution < 1.29 is 23.1 Å². The van der Waals surface area contributed by atoms with Crippen LogP contribution in [0.1, 0.15) is 23.6 Å². The fourth-order valence-corrected chi connectivity index (χ4v) is 2.99. The van der Waals surface area contributed by atoms with Crippen molar-refractivity contribution >= 4 is 17.7 Å². The van der Waals surface area contributed by atoms with Gasteiger partial charge in [-0.3, -0.25) is 4.79 Å². The number of carboxylic acid groups (broad SMARTS) is 1. The maximum Gasteiger partial charge on any atom is 0.416 e. The molecule has 0 aromatic heterocycles. The van der Waals surface area contributed by atoms with Crippen LogP contribution in [0.5, 0.6) is 0 Å². The Morgan fingerprint density at radius 3 is 2.22 bits per heavy atom. The van der Waals surface area contributed by atoms with Crippen LogP contribution in [0.15, 0.2) is 52.3 Å². The number of carbonyl (C=O) groups is 1. The van der Waals surface area contributed by atoms with Gasteiger partial charge in [-0.05, 0) is 41.8 Å². The van der Waals surface area contributed by atoms with Gasteiger partial charge in [0.15, 0.2) is 0 Å². The Morgan fingerprint density at radius 2 is 1.70 bits per heavy atom. The molecule has 2 nitrogen and oxygen atoms in total. The largest absolute Gasteiger partial charge is 0.481 e. The van der Waals surface area contributed by atoms with Gasteiger partial charge in [0.05, 0.1) is 12.0 Å². The first kappa shape index (κ1) is 17.4. The monoisotopic (exact) mass is 340 g/mol. The van der Waals surface area contributed by atoms with Crippen molar-refractivity contribution in [1.29, 1.82) is 0 Å². The van der Waals surface area contributed by atoms with E-state index in [1.807, 2.05) is 31.2 Å². The number of hydrogen-bond donors (Lipinski definition) is 1. The number of alkyl halides is 3. The van der Waals surface area contributed by atoms with Crippen molar-refractivity contribution in [2.45, 2.75) is 35.7 Å². The van der Waals surface area contributed by atoms with E-state index in [2.05, 4.69) is 0 Å². The van der Waals surface area contributed by atoms with E-state index in [0.29, 0.717) is 4.90 Å². The fraction of sp³-hybridized carbons (Fsp3) is 0.235. The molecular formula is C17H15F3O2S. The number of benzene rings is 2. The van der Waals surface area contributed by atoms with Crippen molar-refractivity contribution in [2.24, 2.45) is 0 Å². The molecule has 0 aliphatic heterocycles. The van der Waals surface area contributed by atoms with Gasteiger partial charge < -0.3 is 5.11 Å². The summed E-state index contributed by atoms with van der Waals surface area (Å²) in [6.45, 7) is 2.03. The molecule has 0 bridgehead atoms. The zero-order chi connectivity index (χ0) is 17.0. The predicted octanol–water partition coefficient (Wildman–Crippen LogP) is 5.05. The Hall–Kier alpha value is -1.95. The summed E-state index contributed by atoms with van der Waals surface area (Å²) in [6, 6.07) is 11.4. The van der Waals surface area contributed by atoms with Gasteiger partial charge in [-0.1, -0.05) is 36.9 Å². The standard InChI is InChI=1S/C17H15F3O2S/c1-2-11-3-6-13(7-4-11)23-14-8-5-12(9-16(21)22)15(10-14)17(18,19)20/h3-8,10H,2,9H2,1H3,(H,21,22). The lowest BCUT2D eigenvalue weighted by Crippen LogP contribution is -2.12. The molecule has 0 saturated carbocycles. The van der Waals surface area contributed by atoms with Crippen molar-refractivity contribution in [3.63, 3.8) is 0 Å². The Bertz CT molecular complexity index is 694. The van der Waals surface area contributed by atoms with Crippen molar-refractivity contribution in [2.75, 3.05) is 0 Å². The highest BCUT2D eigenvalue weighted by Gasteiger charge is 2.34. The molecule has 2 aromatic carbocycles. The van der Waals surface area contributed by atoms with E-state index >= 15 is 0 Å². The lowest BCUT2D eigenvalue weighted by molar-refractivity contribution is -0.139. The first-order valence-corrected chi connectivity index (χ1v) is 7.80. The molecule has 0 aliphatic carbocycles. The van der Waals surface area contributed by atoms with Gasteiger partial charge in [0, 0.05) is 9.79 Å². The van der Waals surface area contributed by atoms with E-state index in [1.165, 1.54) is 23.9 Å². The minimum atomic E-state index is -4.58. The number of carboxylic acids is 1. The van der Waals surface area contributed by atoms with Crippen LogP contribution < -0.4 is 0 Å². The lowest BCUT2D eigenvalue weighted by Gasteiger charge is -2.13. The van der Waals surface area contributed by atoms with Gasteiger partial charge in [0.1, 0.15) is 0 Å². The molecule has 0 saturated heterocycles. The highest BCUT2D eigenvalue weighted by atomic mass is 32.2. The molecule has 122 valence electrons. The van der Waals surface area contributed by atoms with Gasteiger partial charge >= 0.3 is 12.1 Å². The Morgan fingerprint density at radius 1 is 1.09 bits per heavy atom. The lowest BCUT2D eigenvalue weighted by atomic mass is 10.0. The van der Waals surface area contributed by atoms with Gasteiger partial charge in [0.25, 0.3) is 0 Å². The van der Waals surface area contributed by atoms with Gasteiger partial charge in [0.2, 0.25) is 0 Å². The third-order valence-electron chi connectivity index (χ3n) is 3.30. The molecule has 0 spiro atoms. The SMILES string of the molecule is CCc1ccc(Sc2ccc(CC(=O)O)c(C(F)(F)F)c2)cc1. The molecule has 0 radical (unpaired) electrons. The minimum absolute atomic E-state index is 0.226. The van der Waals surface area contributed by atoms with Gasteiger partial charge in [-0.15, -0.1) is 0 Å². The summed E-state index contributed by atoms with van der Waals surface area (Å²) in [7, 11) is 0. The summed E-state index contributed by atoms with van der Waals surface area (Å²) in [6.07, 6.45) is -4.33. The molecular weight excluding hydrogens is 325 g/mol. The van der Waals surface area contributed by atoms with Crippen LogP contribution in [-0.4, -0.2) is 11.1 Å². The quantitative estimate of drug-likeness (QED) is 0.828. The number of aryl methyl sites for hydroxylation is 1. The van der Waals surface area contributed by atoms with Crippen molar-refractivity contribution in [3.8, 4) is 0 Å². The Balaban J connectivity index is 2.30. The van der Waals surface area contributed by atoms with Gasteiger partial charge in [-0.2, -0.15) is 13.2 Å². The molecule has 0 heterocycles. The van der Waals surface area contributed by atoms with Crippen molar-refractivity contribution in [3.05, 3.63) is 59.2 Å². The van der Waals surface area contributed by atoms with Crippen LogP contribution in [0.4, 0.5) is 13.2 Å². The van der Waals surface area contributed by atoms with Crippen LogP contribution in [0, 0.1) is 0 Å². The summed E-state index contributed by atoms with van der Waals surface area (Å²) < 4.78 is 39.3. The summed E-state index contributed by atoms with van der Waals surface area (Å²) in [4.78, 5) is 12.0. The smallest absolute Gasteiger partial charge is 0.416 e. The van der Waals surface area contributed by atoms with Crippen LogP contribution >= 0.6 is 11.8 Å². The van der Waals surface area contributed by atoms with Crippen LogP contribution in [0.3, 0.4) is 0 Å². The molecule has 0 fully saturated rings. The normalized spacial score (nSPS) is 11.5. The maximum absolute atomic E-state index is 13.1. The van der Waals surface area contributed by atoms with E-state index in [4.69, 9.17) is 5.11 Å². The highest BCUT2D eigenvalue weighted by Crippen LogP contribution is 2.37. The maximum atomic E-state index is 13.1. The molecule has 2 rings (SSSR count). The third-order valence-corrected chi connectivity index (χ3v) is 4.29. The molecule has 1 N–H and O–H groups in total. The van der Waals surface area contributed by atoms with E-state index < -0.39 is 24.1 Å². The van der Waals surface area contributed by atoms with E-state index in [0.717, 1.165) is 22.9 Å². The average molecular weight is 340 g/mol. The van der Waals surface area contributed by atoms with Gasteiger partial charge in [-0.25, -0.2) is 0 Å². The van der Waals surface area contributed by atoms with Crippen LogP contribution in [-0.2, 0) is 23.8 Å². The zero-order valence-electron chi connectivity index (χ0n) is 12.4. The topological polar surface area (TPSA) is 37.3 Å². The average Bonchev–Trinajstić information content (AvgIpc) is 2.48. The van der Waals surface area contributed by atoms with Crippen LogP contribution in [0.25, 0.3) is 0 Å². The Labute approximate surface area is 136 Å². The first-order valence-electron chi connectivity index (χ1n) is 6.98. The molecule has 0 unspecified atom stereocenters. The number of aliphatic carboxylic acids is 1. The molecule has 2 aromatic rings. The molecule has 6 heteroatoms. The summed E-state index contributed by atoms with van der Waals surface area (Å²) in [5, 5.41) is 8.74. The minimum Gasteiger partial charge on any atom is -0.481 e. The molecule has 0 atom stereocenters. The second kappa shape index (κ2) is 7.08. The fourth-order valence-electron chi connectivity index (χ4n) is 2.13. The first-order chi connectivity index (χ1) is 10.8. The molecule has 0 aliphatic rings. The third kappa shape index (κ3) is 4.76. The Kier molecular flexibility index (Phi) is 5.36. The number of halogens is 3. The summed E-state index contributed by atoms with van der Waals surface area (Å²) in [5.41, 5.74) is 0.0351. The highest BCUT2D eigenvalue weighted by molar-refractivity contribution is 7.99. The second-order valence-electron chi connectivity index (χ2n) is 4.99. The molecule has 0 amide bonds. The summed E-state index contributed by atoms with van der Waals surface area (Å²) in [5.74, 6) is -1.29. The van der Waals surface area contributed by atoms with Crippen molar-refractivity contribution in [1.82, 2.24) is 0 Å². The van der Waals surface area contributed by atoms with E-state index in [-0.39, 0.29) is 5.56 Å². The second-order valence-corrected chi connectivity index (χ2v) is 6.13. The molecule has 23 heavy (non-hydrogen) atoms. The zero-order valence-corrected chi connectivity index (χ0v) is 13.2.